The highest BCUT2D eigenvalue weighted by molar-refractivity contribution is 7.99. The van der Waals surface area contributed by atoms with E-state index in [1.807, 2.05) is 18.2 Å². The smallest absolute Gasteiger partial charge is 0.123 e. The van der Waals surface area contributed by atoms with Gasteiger partial charge in [-0.25, -0.2) is 4.39 Å². The Labute approximate surface area is 97.5 Å². The average molecular weight is 229 g/mol. The van der Waals surface area contributed by atoms with E-state index < -0.39 is 0 Å². The van der Waals surface area contributed by atoms with Crippen LogP contribution < -0.4 is 0 Å². The quantitative estimate of drug-likeness (QED) is 0.781. The van der Waals surface area contributed by atoms with E-state index >= 15 is 0 Å². The fraction of sp³-hybridized carbons (Fsp3) is 0. The first-order chi connectivity index (χ1) is 7.78. The third-order valence-electron chi connectivity index (χ3n) is 2.01. The molecule has 0 aliphatic carbocycles. The van der Waals surface area contributed by atoms with Crippen molar-refractivity contribution in [2.75, 3.05) is 0 Å². The van der Waals surface area contributed by atoms with Crippen molar-refractivity contribution in [1.29, 1.82) is 5.26 Å². The van der Waals surface area contributed by atoms with Gasteiger partial charge in [-0.05, 0) is 42.5 Å². The minimum absolute atomic E-state index is 0.241. The molecule has 0 saturated heterocycles. The van der Waals surface area contributed by atoms with Crippen molar-refractivity contribution in [3.8, 4) is 6.07 Å². The maximum Gasteiger partial charge on any atom is 0.123 e. The lowest BCUT2D eigenvalue weighted by atomic mass is 10.2. The summed E-state index contributed by atoms with van der Waals surface area (Å²) in [6, 6.07) is 15.7. The summed E-state index contributed by atoms with van der Waals surface area (Å²) in [6.07, 6.45) is 0. The van der Waals surface area contributed by atoms with Gasteiger partial charge in [-0.2, -0.15) is 5.26 Å². The molecule has 0 fully saturated rings. The highest BCUT2D eigenvalue weighted by Gasteiger charge is 1.99. The van der Waals surface area contributed by atoms with Gasteiger partial charge in [-0.15, -0.1) is 0 Å². The Balaban J connectivity index is 2.21. The van der Waals surface area contributed by atoms with Crippen molar-refractivity contribution < 1.29 is 4.39 Å². The molecule has 2 rings (SSSR count). The maximum absolute atomic E-state index is 12.7. The molecule has 16 heavy (non-hydrogen) atoms. The van der Waals surface area contributed by atoms with Crippen LogP contribution >= 0.6 is 11.8 Å². The first-order valence-electron chi connectivity index (χ1n) is 4.71. The van der Waals surface area contributed by atoms with E-state index in [2.05, 4.69) is 6.07 Å². The largest absolute Gasteiger partial charge is 0.207 e. The summed E-state index contributed by atoms with van der Waals surface area (Å²) in [5.41, 5.74) is 0.632. The molecule has 2 aromatic rings. The van der Waals surface area contributed by atoms with Crippen molar-refractivity contribution >= 4 is 11.8 Å². The zero-order chi connectivity index (χ0) is 11.4. The number of halogens is 1. The molecule has 0 aliphatic rings. The van der Waals surface area contributed by atoms with Gasteiger partial charge in [0.25, 0.3) is 0 Å². The van der Waals surface area contributed by atoms with Gasteiger partial charge in [0.1, 0.15) is 5.82 Å². The summed E-state index contributed by atoms with van der Waals surface area (Å²) >= 11 is 1.51. The molecular formula is C13H8FNS. The molecule has 1 nitrogen and oxygen atoms in total. The Kier molecular flexibility index (Phi) is 3.23. The van der Waals surface area contributed by atoms with Crippen molar-refractivity contribution in [2.45, 2.75) is 9.79 Å². The third kappa shape index (κ3) is 2.62. The summed E-state index contributed by atoms with van der Waals surface area (Å²) < 4.78 is 12.7. The van der Waals surface area contributed by atoms with Crippen LogP contribution in [0.2, 0.25) is 0 Å². The van der Waals surface area contributed by atoms with Crippen LogP contribution in [0, 0.1) is 17.1 Å². The zero-order valence-corrected chi connectivity index (χ0v) is 9.17. The van der Waals surface area contributed by atoms with E-state index in [0.717, 1.165) is 9.79 Å². The summed E-state index contributed by atoms with van der Waals surface area (Å²) in [4.78, 5) is 1.93. The Bertz CT molecular complexity index is 528. The van der Waals surface area contributed by atoms with Gasteiger partial charge in [0, 0.05) is 9.79 Å². The van der Waals surface area contributed by atoms with Crippen LogP contribution in [0.5, 0.6) is 0 Å². The lowest BCUT2D eigenvalue weighted by molar-refractivity contribution is 0.626. The maximum atomic E-state index is 12.7. The predicted octanol–water partition coefficient (Wildman–Crippen LogP) is 3.85. The molecule has 3 heteroatoms. The topological polar surface area (TPSA) is 23.8 Å². The molecule has 0 heterocycles. The fourth-order valence-corrected chi connectivity index (χ4v) is 2.14. The van der Waals surface area contributed by atoms with Gasteiger partial charge >= 0.3 is 0 Å². The molecule has 0 aromatic heterocycles. The number of benzene rings is 2. The van der Waals surface area contributed by atoms with E-state index in [1.54, 1.807) is 18.2 Å². The third-order valence-corrected chi connectivity index (χ3v) is 3.01. The van der Waals surface area contributed by atoms with Crippen LogP contribution in [0.4, 0.5) is 4.39 Å². The molecule has 0 saturated carbocycles. The molecular weight excluding hydrogens is 221 g/mol. The molecule has 0 unspecified atom stereocenters. The van der Waals surface area contributed by atoms with Crippen LogP contribution in [-0.4, -0.2) is 0 Å². The predicted molar refractivity (Wildman–Crippen MR) is 61.7 cm³/mol. The van der Waals surface area contributed by atoms with Crippen molar-refractivity contribution in [3.63, 3.8) is 0 Å². The second kappa shape index (κ2) is 4.82. The molecule has 0 bridgehead atoms. The summed E-state index contributed by atoms with van der Waals surface area (Å²) in [6.45, 7) is 0. The van der Waals surface area contributed by atoms with Gasteiger partial charge in [-0.1, -0.05) is 17.8 Å². The van der Waals surface area contributed by atoms with Gasteiger partial charge < -0.3 is 0 Å². The Morgan fingerprint density at radius 2 is 1.75 bits per heavy atom. The van der Waals surface area contributed by atoms with E-state index in [0.29, 0.717) is 5.56 Å². The Morgan fingerprint density at radius 3 is 2.44 bits per heavy atom. The standard InChI is InChI=1S/C13H8FNS/c14-11-4-6-12(7-5-11)16-13-3-1-2-10(8-13)9-15/h1-8H. The molecule has 0 amide bonds. The monoisotopic (exact) mass is 229 g/mol. The minimum atomic E-state index is -0.241. The number of nitriles is 1. The second-order valence-electron chi connectivity index (χ2n) is 3.20. The highest BCUT2D eigenvalue weighted by atomic mass is 32.2. The van der Waals surface area contributed by atoms with Crippen molar-refractivity contribution in [1.82, 2.24) is 0 Å². The fourth-order valence-electron chi connectivity index (χ4n) is 1.27. The number of rotatable bonds is 2. The van der Waals surface area contributed by atoms with Crippen molar-refractivity contribution in [3.05, 3.63) is 59.9 Å². The first kappa shape index (κ1) is 10.7. The van der Waals surface area contributed by atoms with Crippen LogP contribution in [0.1, 0.15) is 5.56 Å². The lowest BCUT2D eigenvalue weighted by Gasteiger charge is -2.01. The SMILES string of the molecule is N#Cc1cccc(Sc2ccc(F)cc2)c1. The van der Waals surface area contributed by atoms with Crippen LogP contribution in [0.15, 0.2) is 58.3 Å². The highest BCUT2D eigenvalue weighted by Crippen LogP contribution is 2.27. The normalized spacial score (nSPS) is 9.75. The van der Waals surface area contributed by atoms with Gasteiger partial charge in [0.05, 0.1) is 11.6 Å². The van der Waals surface area contributed by atoms with Gasteiger partial charge in [-0.3, -0.25) is 0 Å². The van der Waals surface area contributed by atoms with Crippen LogP contribution in [0.25, 0.3) is 0 Å². The number of nitrogens with zero attached hydrogens (tertiary/aromatic N) is 1. The van der Waals surface area contributed by atoms with Gasteiger partial charge in [0.15, 0.2) is 0 Å². The first-order valence-corrected chi connectivity index (χ1v) is 5.53. The van der Waals surface area contributed by atoms with E-state index in [1.165, 1.54) is 23.9 Å². The summed E-state index contributed by atoms with van der Waals surface area (Å²) in [5.74, 6) is -0.241. The van der Waals surface area contributed by atoms with E-state index in [9.17, 15) is 4.39 Å². The second-order valence-corrected chi connectivity index (χ2v) is 4.34. The summed E-state index contributed by atoms with van der Waals surface area (Å²) in [7, 11) is 0. The molecule has 2 aromatic carbocycles. The zero-order valence-electron chi connectivity index (χ0n) is 8.35. The minimum Gasteiger partial charge on any atom is -0.207 e. The van der Waals surface area contributed by atoms with Crippen molar-refractivity contribution in [2.24, 2.45) is 0 Å². The lowest BCUT2D eigenvalue weighted by Crippen LogP contribution is -1.77. The van der Waals surface area contributed by atoms with Crippen LogP contribution in [0.3, 0.4) is 0 Å². The molecule has 0 radical (unpaired) electrons. The Morgan fingerprint density at radius 1 is 1.00 bits per heavy atom. The number of hydrogen-bond donors (Lipinski definition) is 0. The molecule has 0 atom stereocenters. The molecule has 78 valence electrons. The summed E-state index contributed by atoms with van der Waals surface area (Å²) in [5, 5.41) is 8.76. The van der Waals surface area contributed by atoms with Crippen LogP contribution in [-0.2, 0) is 0 Å². The molecule has 0 aliphatic heterocycles. The molecule has 0 spiro atoms. The van der Waals surface area contributed by atoms with E-state index in [4.69, 9.17) is 5.26 Å². The Hall–Kier alpha value is -1.79. The average Bonchev–Trinajstić information content (AvgIpc) is 2.32. The van der Waals surface area contributed by atoms with E-state index in [-0.39, 0.29) is 5.82 Å². The molecule has 0 N–H and O–H groups in total. The number of hydrogen-bond acceptors (Lipinski definition) is 2. The van der Waals surface area contributed by atoms with Gasteiger partial charge in [0.2, 0.25) is 0 Å².